The molecule has 0 radical (unpaired) electrons. The lowest BCUT2D eigenvalue weighted by atomic mass is 10.0. The Morgan fingerprint density at radius 3 is 2.12 bits per heavy atom. The Kier molecular flexibility index (Phi) is 5.25. The van der Waals surface area contributed by atoms with Crippen molar-refractivity contribution in [3.8, 4) is 0 Å². The largest absolute Gasteiger partial charge is 0.339 e. The van der Waals surface area contributed by atoms with Crippen molar-refractivity contribution in [1.29, 1.82) is 0 Å². The van der Waals surface area contributed by atoms with E-state index in [0.717, 1.165) is 38.8 Å². The summed E-state index contributed by atoms with van der Waals surface area (Å²) in [5, 5.41) is 0. The molecule has 1 aromatic carbocycles. The lowest BCUT2D eigenvalue weighted by molar-refractivity contribution is 0.0724. The number of rotatable bonds is 3. The molecule has 0 unspecified atom stereocenters. The van der Waals surface area contributed by atoms with E-state index in [-0.39, 0.29) is 10.8 Å². The molecule has 2 heterocycles. The maximum Gasteiger partial charge on any atom is 0.253 e. The Labute approximate surface area is 144 Å². The highest BCUT2D eigenvalue weighted by Crippen LogP contribution is 2.24. The van der Waals surface area contributed by atoms with Crippen LogP contribution in [-0.2, 0) is 10.0 Å². The van der Waals surface area contributed by atoms with E-state index >= 15 is 0 Å². The van der Waals surface area contributed by atoms with Crippen LogP contribution in [0.25, 0.3) is 0 Å². The molecule has 2 fully saturated rings. The predicted octanol–water partition coefficient (Wildman–Crippen LogP) is 2.73. The summed E-state index contributed by atoms with van der Waals surface area (Å²) in [6.45, 7) is 4.91. The molecule has 0 bridgehead atoms. The number of sulfonamides is 1. The van der Waals surface area contributed by atoms with Gasteiger partial charge in [0.15, 0.2) is 0 Å². The monoisotopic (exact) mass is 350 g/mol. The second kappa shape index (κ2) is 7.23. The minimum Gasteiger partial charge on any atom is -0.339 e. The third-order valence-corrected chi connectivity index (χ3v) is 7.04. The summed E-state index contributed by atoms with van der Waals surface area (Å²) >= 11 is 0. The molecule has 0 atom stereocenters. The minimum absolute atomic E-state index is 0.00504. The van der Waals surface area contributed by atoms with Crippen molar-refractivity contribution < 1.29 is 13.2 Å². The van der Waals surface area contributed by atoms with E-state index in [4.69, 9.17) is 0 Å². The Balaban J connectivity index is 1.72. The smallest absolute Gasteiger partial charge is 0.253 e. The summed E-state index contributed by atoms with van der Waals surface area (Å²) in [5.74, 6) is 0.589. The van der Waals surface area contributed by atoms with E-state index in [9.17, 15) is 13.2 Å². The number of amides is 1. The van der Waals surface area contributed by atoms with Gasteiger partial charge >= 0.3 is 0 Å². The number of carbonyl (C=O) groups excluding carboxylic acids is 1. The maximum absolute atomic E-state index is 12.7. The van der Waals surface area contributed by atoms with Gasteiger partial charge in [-0.15, -0.1) is 0 Å². The highest BCUT2D eigenvalue weighted by molar-refractivity contribution is 7.89. The first-order valence-corrected chi connectivity index (χ1v) is 10.3. The van der Waals surface area contributed by atoms with E-state index in [0.29, 0.717) is 24.6 Å². The number of hydrogen-bond donors (Lipinski definition) is 0. The fourth-order valence-electron chi connectivity index (χ4n) is 3.42. The van der Waals surface area contributed by atoms with E-state index < -0.39 is 10.0 Å². The quantitative estimate of drug-likeness (QED) is 0.842. The van der Waals surface area contributed by atoms with Crippen molar-refractivity contribution in [2.75, 3.05) is 26.2 Å². The van der Waals surface area contributed by atoms with Gasteiger partial charge in [-0.05, 0) is 62.3 Å². The second-order valence-electron chi connectivity index (χ2n) is 6.96. The average Bonchev–Trinajstić information content (AvgIpc) is 2.62. The number of hydrogen-bond acceptors (Lipinski definition) is 3. The van der Waals surface area contributed by atoms with Crippen LogP contribution >= 0.6 is 0 Å². The predicted molar refractivity (Wildman–Crippen MR) is 93.4 cm³/mol. The topological polar surface area (TPSA) is 57.7 Å². The number of likely N-dealkylation sites (tertiary alicyclic amines) is 1. The molecular formula is C18H26N2O3S. The van der Waals surface area contributed by atoms with E-state index in [1.165, 1.54) is 6.42 Å². The van der Waals surface area contributed by atoms with Crippen molar-refractivity contribution >= 4 is 15.9 Å². The second-order valence-corrected chi connectivity index (χ2v) is 8.90. The molecule has 0 aliphatic carbocycles. The van der Waals surface area contributed by atoms with E-state index in [1.807, 2.05) is 4.90 Å². The van der Waals surface area contributed by atoms with Crippen molar-refractivity contribution in [1.82, 2.24) is 9.21 Å². The summed E-state index contributed by atoms with van der Waals surface area (Å²) in [6.07, 6.45) is 5.09. The fourth-order valence-corrected chi connectivity index (χ4v) is 4.89. The van der Waals surface area contributed by atoms with Crippen LogP contribution in [0.15, 0.2) is 29.2 Å². The highest BCUT2D eigenvalue weighted by Gasteiger charge is 2.28. The average molecular weight is 350 g/mol. The van der Waals surface area contributed by atoms with Gasteiger partial charge in [0.1, 0.15) is 0 Å². The number of carbonyl (C=O) groups is 1. The zero-order valence-electron chi connectivity index (χ0n) is 14.3. The van der Waals surface area contributed by atoms with Crippen LogP contribution < -0.4 is 0 Å². The molecular weight excluding hydrogens is 324 g/mol. The highest BCUT2D eigenvalue weighted by atomic mass is 32.2. The molecule has 0 aromatic heterocycles. The van der Waals surface area contributed by atoms with Crippen LogP contribution in [0.3, 0.4) is 0 Å². The van der Waals surface area contributed by atoms with Crippen molar-refractivity contribution in [3.05, 3.63) is 29.8 Å². The molecule has 6 heteroatoms. The number of benzene rings is 1. The summed E-state index contributed by atoms with van der Waals surface area (Å²) in [6, 6.07) is 6.45. The third kappa shape index (κ3) is 3.64. The molecule has 3 rings (SSSR count). The first kappa shape index (κ1) is 17.4. The van der Waals surface area contributed by atoms with Crippen LogP contribution in [0.2, 0.25) is 0 Å². The number of piperidine rings is 2. The Bertz CT molecular complexity index is 671. The molecule has 1 amide bonds. The van der Waals surface area contributed by atoms with Gasteiger partial charge in [0.2, 0.25) is 10.0 Å². The maximum atomic E-state index is 12.7. The molecule has 0 saturated carbocycles. The van der Waals surface area contributed by atoms with Crippen molar-refractivity contribution in [2.45, 2.75) is 43.9 Å². The lowest BCUT2D eigenvalue weighted by Crippen LogP contribution is -2.38. The lowest BCUT2D eigenvalue weighted by Gasteiger charge is -2.29. The van der Waals surface area contributed by atoms with Crippen LogP contribution in [0.4, 0.5) is 0 Å². The van der Waals surface area contributed by atoms with Gasteiger partial charge in [-0.25, -0.2) is 8.42 Å². The van der Waals surface area contributed by atoms with E-state index in [1.54, 1.807) is 28.6 Å². The van der Waals surface area contributed by atoms with Crippen LogP contribution in [-0.4, -0.2) is 49.7 Å². The Hall–Kier alpha value is -1.40. The van der Waals surface area contributed by atoms with Gasteiger partial charge in [-0.2, -0.15) is 4.31 Å². The molecule has 5 nitrogen and oxygen atoms in total. The zero-order valence-corrected chi connectivity index (χ0v) is 15.1. The Morgan fingerprint density at radius 2 is 1.54 bits per heavy atom. The number of nitrogens with zero attached hydrogens (tertiary/aromatic N) is 2. The summed E-state index contributed by atoms with van der Waals surface area (Å²) in [7, 11) is -3.44. The summed E-state index contributed by atoms with van der Waals surface area (Å²) in [5.41, 5.74) is 0.572. The molecule has 132 valence electrons. The van der Waals surface area contributed by atoms with Gasteiger partial charge in [0.05, 0.1) is 4.90 Å². The van der Waals surface area contributed by atoms with Gasteiger partial charge in [0.25, 0.3) is 5.91 Å². The molecule has 2 aliphatic rings. The van der Waals surface area contributed by atoms with Crippen LogP contribution in [0.1, 0.15) is 49.4 Å². The van der Waals surface area contributed by atoms with Gasteiger partial charge in [0, 0.05) is 31.7 Å². The van der Waals surface area contributed by atoms with Gasteiger partial charge in [-0.1, -0.05) is 6.92 Å². The molecule has 24 heavy (non-hydrogen) atoms. The summed E-state index contributed by atoms with van der Waals surface area (Å²) in [4.78, 5) is 14.6. The normalized spacial score (nSPS) is 21.0. The molecule has 0 N–H and O–H groups in total. The fraction of sp³-hybridized carbons (Fsp3) is 0.611. The molecule has 2 saturated heterocycles. The van der Waals surface area contributed by atoms with Gasteiger partial charge < -0.3 is 4.90 Å². The molecule has 2 aliphatic heterocycles. The summed E-state index contributed by atoms with van der Waals surface area (Å²) < 4.78 is 27.0. The van der Waals surface area contributed by atoms with Crippen molar-refractivity contribution in [2.24, 2.45) is 5.92 Å². The van der Waals surface area contributed by atoms with Gasteiger partial charge in [-0.3, -0.25) is 4.79 Å². The molecule has 1 aromatic rings. The minimum atomic E-state index is -3.44. The zero-order chi connectivity index (χ0) is 17.2. The first-order chi connectivity index (χ1) is 11.5. The standard InChI is InChI=1S/C18H26N2O3S/c1-15-9-13-20(14-10-15)24(22,23)17-7-5-16(6-8-17)18(21)19-11-3-2-4-12-19/h5-8,15H,2-4,9-14H2,1H3. The third-order valence-electron chi connectivity index (χ3n) is 5.12. The Morgan fingerprint density at radius 1 is 0.958 bits per heavy atom. The van der Waals surface area contributed by atoms with E-state index in [2.05, 4.69) is 6.92 Å². The first-order valence-electron chi connectivity index (χ1n) is 8.88. The molecule has 0 spiro atoms. The van der Waals surface area contributed by atoms with Crippen LogP contribution in [0, 0.1) is 5.92 Å². The van der Waals surface area contributed by atoms with Crippen molar-refractivity contribution in [3.63, 3.8) is 0 Å². The van der Waals surface area contributed by atoms with Crippen LogP contribution in [0.5, 0.6) is 0 Å². The SMILES string of the molecule is CC1CCN(S(=O)(=O)c2ccc(C(=O)N3CCCCC3)cc2)CC1.